The number of nitrogens with zero attached hydrogens (tertiary/aromatic N) is 3. The van der Waals surface area contributed by atoms with Crippen molar-refractivity contribution < 1.29 is 18.3 Å². The molecule has 0 amide bonds. The van der Waals surface area contributed by atoms with Crippen molar-refractivity contribution in [3.63, 3.8) is 0 Å². The van der Waals surface area contributed by atoms with Crippen molar-refractivity contribution in [1.82, 2.24) is 13.9 Å². The second-order valence-corrected chi connectivity index (χ2v) is 6.77. The number of carboxylic acid groups (broad SMARTS) is 1. The fraction of sp³-hybridized carbons (Fsp3) is 0.636. The fourth-order valence-electron chi connectivity index (χ4n) is 1.45. The molecule has 1 N–H and O–H groups in total. The summed E-state index contributed by atoms with van der Waals surface area (Å²) in [6, 6.07) is 0.111. The highest BCUT2D eigenvalue weighted by Crippen LogP contribution is 2.15. The van der Waals surface area contributed by atoms with Gasteiger partial charge in [-0.3, -0.25) is 4.79 Å². The molecule has 0 aromatic carbocycles. The van der Waals surface area contributed by atoms with E-state index in [1.54, 1.807) is 4.57 Å². The normalized spacial score (nSPS) is 14.0. The predicted molar refractivity (Wildman–Crippen MR) is 69.2 cm³/mol. The molecule has 0 radical (unpaired) electrons. The van der Waals surface area contributed by atoms with Crippen LogP contribution in [-0.4, -0.2) is 46.9 Å². The Labute approximate surface area is 112 Å². The van der Waals surface area contributed by atoms with Crippen LogP contribution < -0.4 is 0 Å². The fourth-order valence-corrected chi connectivity index (χ4v) is 2.63. The molecule has 7 nitrogen and oxygen atoms in total. The average molecular weight is 289 g/mol. The van der Waals surface area contributed by atoms with Gasteiger partial charge < -0.3 is 9.67 Å². The van der Waals surface area contributed by atoms with Gasteiger partial charge in [-0.05, 0) is 13.8 Å². The van der Waals surface area contributed by atoms with Crippen molar-refractivity contribution >= 4 is 16.0 Å². The van der Waals surface area contributed by atoms with Gasteiger partial charge in [-0.1, -0.05) is 6.92 Å². The van der Waals surface area contributed by atoms with Gasteiger partial charge in [0.1, 0.15) is 0 Å². The van der Waals surface area contributed by atoms with Crippen molar-refractivity contribution in [2.45, 2.75) is 31.8 Å². The molecule has 1 rings (SSSR count). The second kappa shape index (κ2) is 5.70. The average Bonchev–Trinajstić information content (AvgIpc) is 2.78. The van der Waals surface area contributed by atoms with Crippen LogP contribution in [0.5, 0.6) is 0 Å². The van der Waals surface area contributed by atoms with E-state index in [4.69, 9.17) is 5.11 Å². The number of imidazole rings is 1. The molecule has 0 saturated heterocycles. The molecule has 0 fully saturated rings. The second-order valence-electron chi connectivity index (χ2n) is 4.78. The lowest BCUT2D eigenvalue weighted by Crippen LogP contribution is -2.33. The Balaban J connectivity index is 2.93. The number of hydrogen-bond acceptors (Lipinski definition) is 4. The van der Waals surface area contributed by atoms with Gasteiger partial charge in [0.25, 0.3) is 10.0 Å². The number of hydrogen-bond donors (Lipinski definition) is 1. The minimum Gasteiger partial charge on any atom is -0.481 e. The van der Waals surface area contributed by atoms with Crippen LogP contribution in [0.1, 0.15) is 26.8 Å². The van der Waals surface area contributed by atoms with E-state index >= 15 is 0 Å². The molecule has 1 atom stereocenters. The molecule has 0 aliphatic rings. The summed E-state index contributed by atoms with van der Waals surface area (Å²) in [6.45, 7) is 5.19. The molecule has 108 valence electrons. The topological polar surface area (TPSA) is 92.5 Å². The summed E-state index contributed by atoms with van der Waals surface area (Å²) < 4.78 is 27.1. The van der Waals surface area contributed by atoms with Gasteiger partial charge in [0, 0.05) is 25.8 Å². The van der Waals surface area contributed by atoms with E-state index in [0.717, 1.165) is 4.31 Å². The molecule has 1 aromatic rings. The van der Waals surface area contributed by atoms with Gasteiger partial charge >= 0.3 is 5.97 Å². The summed E-state index contributed by atoms with van der Waals surface area (Å²) in [7, 11) is -2.39. The van der Waals surface area contributed by atoms with E-state index < -0.39 is 21.9 Å². The first-order valence-electron chi connectivity index (χ1n) is 5.89. The molecule has 8 heteroatoms. The van der Waals surface area contributed by atoms with Crippen molar-refractivity contribution in [1.29, 1.82) is 0 Å². The standard InChI is InChI=1S/C11H19N3O4S/c1-8(2)14-6-10(12-7-14)19(17,18)13(4)5-9(3)11(15)16/h6-9H,5H2,1-4H3,(H,15,16). The van der Waals surface area contributed by atoms with Crippen molar-refractivity contribution in [3.8, 4) is 0 Å². The lowest BCUT2D eigenvalue weighted by Gasteiger charge is -2.17. The van der Waals surface area contributed by atoms with E-state index in [9.17, 15) is 13.2 Å². The molecule has 1 unspecified atom stereocenters. The number of aromatic nitrogens is 2. The van der Waals surface area contributed by atoms with Crippen LogP contribution in [-0.2, 0) is 14.8 Å². The molecule has 19 heavy (non-hydrogen) atoms. The van der Waals surface area contributed by atoms with Crippen molar-refractivity contribution in [2.24, 2.45) is 5.92 Å². The van der Waals surface area contributed by atoms with Gasteiger partial charge in [0.15, 0.2) is 5.03 Å². The Morgan fingerprint density at radius 1 is 1.47 bits per heavy atom. The third-order valence-electron chi connectivity index (χ3n) is 2.80. The van der Waals surface area contributed by atoms with Crippen LogP contribution in [0.25, 0.3) is 0 Å². The number of sulfonamides is 1. The first kappa shape index (κ1) is 15.6. The molecule has 0 aliphatic carbocycles. The molecule has 1 heterocycles. The third kappa shape index (κ3) is 3.54. The van der Waals surface area contributed by atoms with Gasteiger partial charge in [-0.15, -0.1) is 0 Å². The van der Waals surface area contributed by atoms with E-state index in [1.165, 1.54) is 26.5 Å². The Morgan fingerprint density at radius 2 is 2.05 bits per heavy atom. The molecular weight excluding hydrogens is 270 g/mol. The zero-order valence-corrected chi connectivity index (χ0v) is 12.3. The maximum absolute atomic E-state index is 12.2. The van der Waals surface area contributed by atoms with E-state index in [-0.39, 0.29) is 17.6 Å². The molecule has 0 aliphatic heterocycles. The zero-order chi connectivity index (χ0) is 14.8. The number of carboxylic acids is 1. The number of carbonyl (C=O) groups is 1. The quantitative estimate of drug-likeness (QED) is 0.836. The summed E-state index contributed by atoms with van der Waals surface area (Å²) >= 11 is 0. The van der Waals surface area contributed by atoms with Crippen molar-refractivity contribution in [2.75, 3.05) is 13.6 Å². The van der Waals surface area contributed by atoms with E-state index in [1.807, 2.05) is 13.8 Å². The first-order valence-corrected chi connectivity index (χ1v) is 7.33. The highest BCUT2D eigenvalue weighted by molar-refractivity contribution is 7.89. The summed E-state index contributed by atoms with van der Waals surface area (Å²) in [5.41, 5.74) is 0. The molecule has 0 bridgehead atoms. The Morgan fingerprint density at radius 3 is 2.47 bits per heavy atom. The smallest absolute Gasteiger partial charge is 0.307 e. The van der Waals surface area contributed by atoms with Crippen LogP contribution in [0, 0.1) is 5.92 Å². The summed E-state index contributed by atoms with van der Waals surface area (Å²) in [4.78, 5) is 14.6. The SMILES string of the molecule is CC(CN(C)S(=O)(=O)c1cn(C(C)C)cn1)C(=O)O. The molecule has 0 saturated carbocycles. The summed E-state index contributed by atoms with van der Waals surface area (Å²) in [5.74, 6) is -1.80. The Bertz CT molecular complexity index is 550. The van der Waals surface area contributed by atoms with Crippen molar-refractivity contribution in [3.05, 3.63) is 12.5 Å². The summed E-state index contributed by atoms with van der Waals surface area (Å²) in [5, 5.41) is 8.73. The highest BCUT2D eigenvalue weighted by Gasteiger charge is 2.26. The number of aliphatic carboxylic acids is 1. The first-order chi connectivity index (χ1) is 8.66. The third-order valence-corrected chi connectivity index (χ3v) is 4.51. The Kier molecular flexibility index (Phi) is 4.70. The largest absolute Gasteiger partial charge is 0.481 e. The molecule has 1 aromatic heterocycles. The van der Waals surface area contributed by atoms with Gasteiger partial charge in [-0.25, -0.2) is 13.4 Å². The van der Waals surface area contributed by atoms with Gasteiger partial charge in [0.2, 0.25) is 0 Å². The van der Waals surface area contributed by atoms with Crippen LogP contribution in [0.4, 0.5) is 0 Å². The van der Waals surface area contributed by atoms with Crippen LogP contribution in [0.15, 0.2) is 17.6 Å². The Hall–Kier alpha value is -1.41. The number of rotatable bonds is 6. The van der Waals surface area contributed by atoms with Gasteiger partial charge in [-0.2, -0.15) is 4.31 Å². The predicted octanol–water partition coefficient (Wildman–Crippen LogP) is 0.805. The molecular formula is C11H19N3O4S. The van der Waals surface area contributed by atoms with Crippen LogP contribution >= 0.6 is 0 Å². The minimum atomic E-state index is -3.74. The lowest BCUT2D eigenvalue weighted by molar-refractivity contribution is -0.141. The summed E-state index contributed by atoms with van der Waals surface area (Å²) in [6.07, 6.45) is 2.90. The minimum absolute atomic E-state index is 0.0683. The van der Waals surface area contributed by atoms with E-state index in [2.05, 4.69) is 4.98 Å². The van der Waals surface area contributed by atoms with Gasteiger partial charge in [0.05, 0.1) is 12.2 Å². The van der Waals surface area contributed by atoms with Crippen LogP contribution in [0.3, 0.4) is 0 Å². The monoisotopic (exact) mass is 289 g/mol. The maximum Gasteiger partial charge on any atom is 0.307 e. The lowest BCUT2D eigenvalue weighted by atomic mass is 10.2. The zero-order valence-electron chi connectivity index (χ0n) is 11.4. The maximum atomic E-state index is 12.2. The highest BCUT2D eigenvalue weighted by atomic mass is 32.2. The van der Waals surface area contributed by atoms with Crippen LogP contribution in [0.2, 0.25) is 0 Å². The molecule has 0 spiro atoms. The van der Waals surface area contributed by atoms with E-state index in [0.29, 0.717) is 0 Å².